The van der Waals surface area contributed by atoms with Crippen molar-refractivity contribution in [2.24, 2.45) is 0 Å². The normalized spacial score (nSPS) is 21.2. The van der Waals surface area contributed by atoms with Crippen LogP contribution in [0.25, 0.3) is 0 Å². The molecule has 134 valence electrons. The lowest BCUT2D eigenvalue weighted by molar-refractivity contribution is -0.138. The second-order valence-corrected chi connectivity index (χ2v) is 7.03. The van der Waals surface area contributed by atoms with Crippen molar-refractivity contribution in [2.45, 2.75) is 38.0 Å². The highest BCUT2D eigenvalue weighted by molar-refractivity contribution is 5.77. The summed E-state index contributed by atoms with van der Waals surface area (Å²) in [5.41, 5.74) is 1.17. The Bertz CT molecular complexity index is 674. The van der Waals surface area contributed by atoms with Crippen molar-refractivity contribution < 1.29 is 9.90 Å². The first-order chi connectivity index (χ1) is 12.0. The van der Waals surface area contributed by atoms with Gasteiger partial charge in [-0.25, -0.2) is 0 Å². The number of likely N-dealkylation sites (tertiary alicyclic amines) is 1. The molecule has 1 aliphatic heterocycles. The van der Waals surface area contributed by atoms with Gasteiger partial charge in [-0.3, -0.25) is 14.8 Å². The summed E-state index contributed by atoms with van der Waals surface area (Å²) in [7, 11) is 1.76. The van der Waals surface area contributed by atoms with Crippen molar-refractivity contribution in [1.29, 1.82) is 0 Å². The Morgan fingerprint density at radius 1 is 1.36 bits per heavy atom. The van der Waals surface area contributed by atoms with Crippen LogP contribution in [0.2, 0.25) is 0 Å². The molecule has 0 saturated carbocycles. The number of hydrogen-bond donors (Lipinski definition) is 2. The summed E-state index contributed by atoms with van der Waals surface area (Å²) < 4.78 is 0. The predicted octanol–water partition coefficient (Wildman–Crippen LogP) is 1.79. The molecule has 2 N–H and O–H groups in total. The van der Waals surface area contributed by atoms with Crippen LogP contribution in [0.15, 0.2) is 42.6 Å². The molecule has 0 bridgehead atoms. The van der Waals surface area contributed by atoms with Gasteiger partial charge in [-0.15, -0.1) is 0 Å². The molecular weight excluding hydrogens is 316 g/mol. The van der Waals surface area contributed by atoms with E-state index in [9.17, 15) is 9.90 Å². The fourth-order valence-electron chi connectivity index (χ4n) is 3.46. The van der Waals surface area contributed by atoms with Gasteiger partial charge in [0, 0.05) is 26.3 Å². The molecule has 25 heavy (non-hydrogen) atoms. The third kappa shape index (κ3) is 4.90. The topological polar surface area (TPSA) is 72.5 Å². The monoisotopic (exact) mass is 342 g/mol. The summed E-state index contributed by atoms with van der Waals surface area (Å²) >= 11 is 0. The van der Waals surface area contributed by atoms with E-state index in [0.29, 0.717) is 19.5 Å². The number of amides is 1. The van der Waals surface area contributed by atoms with Gasteiger partial charge in [-0.05, 0) is 31.0 Å². The SMILES string of the molecule is CN(Cc1ccn[nH]1)C(=O)CC1(O)CCCN(Cc2ccccc2)C1. The number of nitrogens with zero attached hydrogens (tertiary/aromatic N) is 3. The fourth-order valence-corrected chi connectivity index (χ4v) is 3.46. The Morgan fingerprint density at radius 3 is 2.88 bits per heavy atom. The van der Waals surface area contributed by atoms with E-state index in [-0.39, 0.29) is 12.3 Å². The van der Waals surface area contributed by atoms with E-state index in [1.54, 1.807) is 18.1 Å². The highest BCUT2D eigenvalue weighted by atomic mass is 16.3. The highest BCUT2D eigenvalue weighted by Gasteiger charge is 2.36. The number of rotatable bonds is 6. The van der Waals surface area contributed by atoms with E-state index in [2.05, 4.69) is 27.2 Å². The largest absolute Gasteiger partial charge is 0.388 e. The van der Waals surface area contributed by atoms with Crippen molar-refractivity contribution in [3.8, 4) is 0 Å². The van der Waals surface area contributed by atoms with Gasteiger partial charge in [-0.1, -0.05) is 30.3 Å². The lowest BCUT2D eigenvalue weighted by atomic mass is 9.88. The molecule has 6 nitrogen and oxygen atoms in total. The summed E-state index contributed by atoms with van der Waals surface area (Å²) in [6.45, 7) is 2.77. The molecule has 1 saturated heterocycles. The zero-order valence-corrected chi connectivity index (χ0v) is 14.7. The molecule has 3 rings (SSSR count). The van der Waals surface area contributed by atoms with E-state index in [1.807, 2.05) is 24.3 Å². The van der Waals surface area contributed by atoms with Gasteiger partial charge < -0.3 is 10.0 Å². The maximum atomic E-state index is 12.5. The van der Waals surface area contributed by atoms with Crippen molar-refractivity contribution in [2.75, 3.05) is 20.1 Å². The first-order valence-corrected chi connectivity index (χ1v) is 8.75. The van der Waals surface area contributed by atoms with Crippen molar-refractivity contribution in [3.63, 3.8) is 0 Å². The molecule has 0 aliphatic carbocycles. The third-order valence-corrected chi connectivity index (χ3v) is 4.76. The van der Waals surface area contributed by atoms with Crippen LogP contribution in [-0.4, -0.2) is 56.7 Å². The minimum absolute atomic E-state index is 0.0429. The third-order valence-electron chi connectivity index (χ3n) is 4.76. The Balaban J connectivity index is 1.55. The van der Waals surface area contributed by atoms with E-state index >= 15 is 0 Å². The first-order valence-electron chi connectivity index (χ1n) is 8.75. The molecule has 2 heterocycles. The number of aliphatic hydroxyl groups is 1. The number of benzene rings is 1. The second-order valence-electron chi connectivity index (χ2n) is 7.03. The van der Waals surface area contributed by atoms with E-state index in [4.69, 9.17) is 0 Å². The molecule has 1 unspecified atom stereocenters. The van der Waals surface area contributed by atoms with Crippen LogP contribution in [0.4, 0.5) is 0 Å². The van der Waals surface area contributed by atoms with E-state index < -0.39 is 5.60 Å². The molecule has 1 aromatic heterocycles. The van der Waals surface area contributed by atoms with Crippen molar-refractivity contribution >= 4 is 5.91 Å². The lowest BCUT2D eigenvalue weighted by Gasteiger charge is -2.39. The number of nitrogens with one attached hydrogen (secondary N) is 1. The molecule has 2 aromatic rings. The van der Waals surface area contributed by atoms with E-state index in [1.165, 1.54) is 5.56 Å². The summed E-state index contributed by atoms with van der Waals surface area (Å²) in [6.07, 6.45) is 3.40. The standard InChI is InChI=1S/C19H26N4O2/c1-22(14-17-8-10-20-21-17)18(24)12-19(25)9-5-11-23(15-19)13-16-6-3-2-4-7-16/h2-4,6-8,10,25H,5,9,11-15H2,1H3,(H,20,21). The molecule has 1 atom stereocenters. The molecular formula is C19H26N4O2. The minimum atomic E-state index is -0.952. The molecule has 0 radical (unpaired) electrons. The van der Waals surface area contributed by atoms with Crippen LogP contribution >= 0.6 is 0 Å². The minimum Gasteiger partial charge on any atom is -0.388 e. The lowest BCUT2D eigenvalue weighted by Crippen LogP contribution is -2.50. The van der Waals surface area contributed by atoms with Gasteiger partial charge >= 0.3 is 0 Å². The Kier molecular flexibility index (Phi) is 5.50. The summed E-state index contributed by atoms with van der Waals surface area (Å²) in [4.78, 5) is 16.4. The first kappa shape index (κ1) is 17.6. The quantitative estimate of drug-likeness (QED) is 0.839. The molecule has 1 amide bonds. The second kappa shape index (κ2) is 7.80. The van der Waals surface area contributed by atoms with Gasteiger partial charge in [0.15, 0.2) is 0 Å². The smallest absolute Gasteiger partial charge is 0.225 e. The Labute approximate surface area is 148 Å². The summed E-state index contributed by atoms with van der Waals surface area (Å²) in [5.74, 6) is -0.0429. The number of hydrogen-bond acceptors (Lipinski definition) is 4. The number of piperidine rings is 1. The molecule has 6 heteroatoms. The van der Waals surface area contributed by atoms with Gasteiger partial charge in [0.25, 0.3) is 0 Å². The van der Waals surface area contributed by atoms with Crippen LogP contribution in [0.3, 0.4) is 0 Å². The maximum Gasteiger partial charge on any atom is 0.225 e. The number of aromatic nitrogens is 2. The number of H-pyrrole nitrogens is 1. The number of carbonyl (C=O) groups is 1. The van der Waals surface area contributed by atoms with Crippen LogP contribution < -0.4 is 0 Å². The van der Waals surface area contributed by atoms with Gasteiger partial charge in [0.05, 0.1) is 24.3 Å². The van der Waals surface area contributed by atoms with Crippen LogP contribution in [0.5, 0.6) is 0 Å². The Morgan fingerprint density at radius 2 is 2.16 bits per heavy atom. The van der Waals surface area contributed by atoms with E-state index in [0.717, 1.165) is 25.2 Å². The molecule has 1 aliphatic rings. The zero-order valence-electron chi connectivity index (χ0n) is 14.7. The maximum absolute atomic E-state index is 12.5. The van der Waals surface area contributed by atoms with Crippen molar-refractivity contribution in [1.82, 2.24) is 20.0 Å². The van der Waals surface area contributed by atoms with Gasteiger partial charge in [-0.2, -0.15) is 5.10 Å². The number of aromatic amines is 1. The Hall–Kier alpha value is -2.18. The summed E-state index contributed by atoms with van der Waals surface area (Å²) in [6, 6.07) is 12.1. The number of carbonyl (C=O) groups excluding carboxylic acids is 1. The van der Waals surface area contributed by atoms with Crippen LogP contribution in [0, 0.1) is 0 Å². The van der Waals surface area contributed by atoms with Crippen LogP contribution in [-0.2, 0) is 17.9 Å². The predicted molar refractivity (Wildman–Crippen MR) is 95.6 cm³/mol. The zero-order chi connectivity index (χ0) is 17.7. The number of β-amino-alcohol motifs (C(OH)–C–C–N with tert-alkyl or cyclic N) is 1. The average Bonchev–Trinajstić information content (AvgIpc) is 3.08. The average molecular weight is 342 g/mol. The van der Waals surface area contributed by atoms with Gasteiger partial charge in [0.1, 0.15) is 0 Å². The van der Waals surface area contributed by atoms with Crippen molar-refractivity contribution in [3.05, 3.63) is 53.9 Å². The molecule has 1 fully saturated rings. The fraction of sp³-hybridized carbons (Fsp3) is 0.474. The summed E-state index contributed by atoms with van der Waals surface area (Å²) in [5, 5.41) is 17.7. The molecule has 1 aromatic carbocycles. The highest BCUT2D eigenvalue weighted by Crippen LogP contribution is 2.26. The van der Waals surface area contributed by atoms with Crippen LogP contribution in [0.1, 0.15) is 30.5 Å². The van der Waals surface area contributed by atoms with Gasteiger partial charge in [0.2, 0.25) is 5.91 Å². The molecule has 0 spiro atoms.